The molecule has 0 aliphatic rings. The molecule has 1 aromatic rings. The van der Waals surface area contributed by atoms with Gasteiger partial charge in [-0.05, 0) is 25.6 Å². The summed E-state index contributed by atoms with van der Waals surface area (Å²) in [7, 11) is 2.04. The molecule has 1 rings (SSSR count). The van der Waals surface area contributed by atoms with E-state index in [0.717, 1.165) is 0 Å². The zero-order valence-electron chi connectivity index (χ0n) is 19.7. The lowest BCUT2D eigenvalue weighted by Crippen LogP contribution is -2.06. The van der Waals surface area contributed by atoms with Gasteiger partial charge in [0.05, 0.1) is 0 Å². The monoisotopic (exact) mass is 420 g/mol. The number of carbonyl (C=O) groups is 1. The number of unbranched alkanes of at least 4 members (excludes halogenated alkanes) is 13. The zero-order chi connectivity index (χ0) is 22.7. The molecule has 0 atom stereocenters. The van der Waals surface area contributed by atoms with Crippen LogP contribution in [-0.4, -0.2) is 24.8 Å². The van der Waals surface area contributed by atoms with E-state index in [1.54, 1.807) is 0 Å². The second kappa shape index (κ2) is 27.2. The Morgan fingerprint density at radius 2 is 1.23 bits per heavy atom. The molecule has 0 heterocycles. The molecular formula is C26H48N2O2. The first kappa shape index (κ1) is 30.4. The van der Waals surface area contributed by atoms with Crippen LogP contribution >= 0.6 is 0 Å². The minimum Gasteiger partial charge on any atom is -0.465 e. The van der Waals surface area contributed by atoms with Gasteiger partial charge in [0.1, 0.15) is 0 Å². The highest BCUT2D eigenvalue weighted by atomic mass is 16.4. The van der Waals surface area contributed by atoms with E-state index in [-0.39, 0.29) is 0 Å². The van der Waals surface area contributed by atoms with Gasteiger partial charge in [-0.3, -0.25) is 0 Å². The molecular weight excluding hydrogens is 372 g/mol. The Hall–Kier alpha value is -1.81. The molecule has 0 aliphatic heterocycles. The first-order valence-electron chi connectivity index (χ1n) is 11.9. The number of rotatable bonds is 16. The van der Waals surface area contributed by atoms with E-state index in [4.69, 9.17) is 9.90 Å². The van der Waals surface area contributed by atoms with Crippen molar-refractivity contribution >= 4 is 12.2 Å². The summed E-state index contributed by atoms with van der Waals surface area (Å²) in [6, 6.07) is 10.0. The molecule has 0 radical (unpaired) electrons. The van der Waals surface area contributed by atoms with Crippen molar-refractivity contribution in [1.82, 2.24) is 5.32 Å². The average Bonchev–Trinajstić information content (AvgIpc) is 2.74. The van der Waals surface area contributed by atoms with Crippen LogP contribution in [0, 0.1) is 0 Å². The summed E-state index contributed by atoms with van der Waals surface area (Å²) in [5.74, 6) is 0. The number of amides is 1. The maximum atomic E-state index is 8.78. The molecule has 4 heteroatoms. The molecule has 0 fully saturated rings. The number of benzene rings is 1. The topological polar surface area (TPSA) is 75.3 Å². The van der Waals surface area contributed by atoms with Crippen molar-refractivity contribution in [3.05, 3.63) is 42.5 Å². The molecule has 0 saturated heterocycles. The molecule has 4 nitrogen and oxygen atoms in total. The number of carboxylic acid groups (broad SMARTS) is 1. The Balaban J connectivity index is 0. The van der Waals surface area contributed by atoms with Crippen molar-refractivity contribution in [1.29, 1.82) is 0 Å². The van der Waals surface area contributed by atoms with Crippen molar-refractivity contribution < 1.29 is 9.90 Å². The molecule has 4 N–H and O–H groups in total. The smallest absolute Gasteiger partial charge is 0.402 e. The highest BCUT2D eigenvalue weighted by Gasteiger charge is 1.93. The molecule has 0 unspecified atom stereocenters. The number of nitrogens with one attached hydrogen (secondary N) is 1. The lowest BCUT2D eigenvalue weighted by molar-refractivity contribution is 0.205. The van der Waals surface area contributed by atoms with Crippen molar-refractivity contribution in [3.63, 3.8) is 0 Å². The zero-order valence-corrected chi connectivity index (χ0v) is 19.7. The van der Waals surface area contributed by atoms with E-state index in [9.17, 15) is 0 Å². The lowest BCUT2D eigenvalue weighted by Gasteiger charge is -2.03. The predicted molar refractivity (Wildman–Crippen MR) is 133 cm³/mol. The highest BCUT2D eigenvalue weighted by Crippen LogP contribution is 2.12. The fourth-order valence-electron chi connectivity index (χ4n) is 3.09. The number of nitrogens with two attached hydrogens (primary N) is 1. The van der Waals surface area contributed by atoms with Crippen LogP contribution in [0.4, 0.5) is 4.79 Å². The van der Waals surface area contributed by atoms with Crippen molar-refractivity contribution in [2.75, 3.05) is 13.6 Å². The molecule has 174 valence electrons. The van der Waals surface area contributed by atoms with Crippen LogP contribution in [0.15, 0.2) is 36.9 Å². The summed E-state index contributed by atoms with van der Waals surface area (Å²) < 4.78 is 0. The third kappa shape index (κ3) is 30.9. The van der Waals surface area contributed by atoms with Crippen LogP contribution in [-0.2, 0) is 0 Å². The standard InChI is InChI=1S/C17H37N.C8H8.CH3NO2/c1-3-4-5-6-7-8-9-10-11-12-13-14-15-16-17-18-2;1-2-8-6-4-3-5-7-8;2-1(3)4/h18H,3-17H2,1-2H3;2-7H,1H2;2H2,(H,3,4). The van der Waals surface area contributed by atoms with Crippen LogP contribution in [0.2, 0.25) is 0 Å². The van der Waals surface area contributed by atoms with Gasteiger partial charge in [0, 0.05) is 0 Å². The third-order valence-electron chi connectivity index (χ3n) is 4.82. The van der Waals surface area contributed by atoms with Gasteiger partial charge in [-0.15, -0.1) is 0 Å². The SMILES string of the molecule is C=Cc1ccccc1.CCCCCCCCCCCCCCCCNC.NC(=O)O. The van der Waals surface area contributed by atoms with Gasteiger partial charge in [0.2, 0.25) is 0 Å². The van der Waals surface area contributed by atoms with Crippen molar-refractivity contribution in [2.24, 2.45) is 5.73 Å². The molecule has 0 aromatic heterocycles. The predicted octanol–water partition coefficient (Wildman–Crippen LogP) is 7.64. The fraction of sp³-hybridized carbons (Fsp3) is 0.654. The minimum atomic E-state index is -1.33. The molecule has 0 aliphatic carbocycles. The molecule has 30 heavy (non-hydrogen) atoms. The first-order valence-corrected chi connectivity index (χ1v) is 11.9. The van der Waals surface area contributed by atoms with Crippen LogP contribution in [0.1, 0.15) is 102 Å². The van der Waals surface area contributed by atoms with Crippen LogP contribution < -0.4 is 11.1 Å². The Morgan fingerprint density at radius 1 is 0.867 bits per heavy atom. The maximum absolute atomic E-state index is 8.78. The van der Waals surface area contributed by atoms with Gasteiger partial charge in [0.25, 0.3) is 0 Å². The van der Waals surface area contributed by atoms with Crippen LogP contribution in [0.5, 0.6) is 0 Å². The molecule has 0 saturated carbocycles. The summed E-state index contributed by atoms with van der Waals surface area (Å²) in [5, 5.41) is 10.4. The van der Waals surface area contributed by atoms with Gasteiger partial charge in [0.15, 0.2) is 0 Å². The molecule has 0 spiro atoms. The quantitative estimate of drug-likeness (QED) is 0.240. The first-order chi connectivity index (χ1) is 14.6. The fourth-order valence-corrected chi connectivity index (χ4v) is 3.09. The average molecular weight is 421 g/mol. The summed E-state index contributed by atoms with van der Waals surface area (Å²) in [6.07, 6.45) is 20.8. The molecule has 1 aromatic carbocycles. The summed E-state index contributed by atoms with van der Waals surface area (Å²) in [6.45, 7) is 7.11. The Labute approximate surface area is 186 Å². The summed E-state index contributed by atoms with van der Waals surface area (Å²) in [5.41, 5.74) is 5.20. The number of primary amides is 1. The highest BCUT2D eigenvalue weighted by molar-refractivity contribution is 5.61. The van der Waals surface area contributed by atoms with E-state index < -0.39 is 6.09 Å². The van der Waals surface area contributed by atoms with E-state index >= 15 is 0 Å². The number of hydrogen-bond acceptors (Lipinski definition) is 2. The van der Waals surface area contributed by atoms with E-state index in [1.165, 1.54) is 102 Å². The van der Waals surface area contributed by atoms with Crippen molar-refractivity contribution in [3.8, 4) is 0 Å². The van der Waals surface area contributed by atoms with Gasteiger partial charge in [-0.2, -0.15) is 0 Å². The van der Waals surface area contributed by atoms with Crippen LogP contribution in [0.3, 0.4) is 0 Å². The maximum Gasteiger partial charge on any atom is 0.402 e. The summed E-state index contributed by atoms with van der Waals surface area (Å²) in [4.78, 5) is 8.78. The molecule has 1 amide bonds. The Bertz CT molecular complexity index is 443. The lowest BCUT2D eigenvalue weighted by atomic mass is 10.0. The van der Waals surface area contributed by atoms with Gasteiger partial charge in [-0.25, -0.2) is 4.79 Å². The third-order valence-corrected chi connectivity index (χ3v) is 4.82. The van der Waals surface area contributed by atoms with Crippen LogP contribution in [0.25, 0.3) is 6.08 Å². The minimum absolute atomic E-state index is 1.17. The van der Waals surface area contributed by atoms with E-state index in [0.29, 0.717) is 0 Å². The van der Waals surface area contributed by atoms with Crippen molar-refractivity contribution in [2.45, 2.75) is 96.8 Å². The van der Waals surface area contributed by atoms with Gasteiger partial charge >= 0.3 is 6.09 Å². The number of hydrogen-bond donors (Lipinski definition) is 3. The largest absolute Gasteiger partial charge is 0.465 e. The Kier molecular flexibility index (Phi) is 27.5. The second-order valence-electron chi connectivity index (χ2n) is 7.65. The molecule has 0 bridgehead atoms. The van der Waals surface area contributed by atoms with Gasteiger partial charge in [-0.1, -0.05) is 133 Å². The Morgan fingerprint density at radius 3 is 1.53 bits per heavy atom. The van der Waals surface area contributed by atoms with Gasteiger partial charge < -0.3 is 16.2 Å². The normalized spacial score (nSPS) is 9.67. The second-order valence-corrected chi connectivity index (χ2v) is 7.65. The van der Waals surface area contributed by atoms with E-state index in [2.05, 4.69) is 24.6 Å². The summed E-state index contributed by atoms with van der Waals surface area (Å²) >= 11 is 0. The van der Waals surface area contributed by atoms with E-state index in [1.807, 2.05) is 43.5 Å².